The SMILES string of the molecule is CC(C)(C)CC1CN=C(NC2CCCCCC2)S1. The van der Waals surface area contributed by atoms with E-state index in [2.05, 4.69) is 26.1 Å². The maximum absolute atomic E-state index is 4.69. The van der Waals surface area contributed by atoms with Gasteiger partial charge in [0.15, 0.2) is 5.17 Å². The van der Waals surface area contributed by atoms with Crippen LogP contribution in [0.25, 0.3) is 0 Å². The van der Waals surface area contributed by atoms with Gasteiger partial charge in [-0.05, 0) is 24.7 Å². The van der Waals surface area contributed by atoms with Crippen molar-refractivity contribution in [2.75, 3.05) is 6.54 Å². The predicted octanol–water partition coefficient (Wildman–Crippen LogP) is 4.21. The normalized spacial score (nSPS) is 26.8. The van der Waals surface area contributed by atoms with Gasteiger partial charge in [-0.3, -0.25) is 4.99 Å². The molecule has 2 nitrogen and oxygen atoms in total. The van der Waals surface area contributed by atoms with Crippen LogP contribution in [0.3, 0.4) is 0 Å². The second kappa shape index (κ2) is 6.31. The van der Waals surface area contributed by atoms with Crippen molar-refractivity contribution in [2.45, 2.75) is 77.0 Å². The molecule has 1 saturated carbocycles. The highest BCUT2D eigenvalue weighted by Crippen LogP contribution is 2.32. The molecule has 0 radical (unpaired) electrons. The first-order valence-corrected chi connectivity index (χ1v) is 8.38. The zero-order chi connectivity index (χ0) is 13.0. The van der Waals surface area contributed by atoms with Crippen LogP contribution in [0.2, 0.25) is 0 Å². The molecule has 1 aliphatic heterocycles. The maximum Gasteiger partial charge on any atom is 0.157 e. The van der Waals surface area contributed by atoms with Crippen LogP contribution in [-0.2, 0) is 0 Å². The quantitative estimate of drug-likeness (QED) is 0.759. The molecule has 0 amide bonds. The number of rotatable bonds is 2. The van der Waals surface area contributed by atoms with Gasteiger partial charge in [-0.1, -0.05) is 58.2 Å². The minimum Gasteiger partial charge on any atom is -0.362 e. The van der Waals surface area contributed by atoms with Crippen LogP contribution in [-0.4, -0.2) is 23.0 Å². The van der Waals surface area contributed by atoms with Gasteiger partial charge in [0, 0.05) is 11.3 Å². The van der Waals surface area contributed by atoms with Gasteiger partial charge >= 0.3 is 0 Å². The Hall–Kier alpha value is -0.180. The van der Waals surface area contributed by atoms with Gasteiger partial charge in [0.1, 0.15) is 0 Å². The van der Waals surface area contributed by atoms with Crippen LogP contribution in [0.4, 0.5) is 0 Å². The first kappa shape index (κ1) is 14.2. The van der Waals surface area contributed by atoms with E-state index in [1.807, 2.05) is 11.8 Å². The lowest BCUT2D eigenvalue weighted by Gasteiger charge is -2.22. The Kier molecular flexibility index (Phi) is 4.99. The number of nitrogens with one attached hydrogen (secondary N) is 1. The molecule has 1 heterocycles. The molecule has 1 unspecified atom stereocenters. The summed E-state index contributed by atoms with van der Waals surface area (Å²) < 4.78 is 0. The van der Waals surface area contributed by atoms with Crippen molar-refractivity contribution in [3.8, 4) is 0 Å². The highest BCUT2D eigenvalue weighted by molar-refractivity contribution is 8.14. The fourth-order valence-corrected chi connectivity index (χ4v) is 4.32. The molecule has 1 N–H and O–H groups in total. The molecule has 0 spiro atoms. The molecule has 3 heteroatoms. The molecular weight excluding hydrogens is 240 g/mol. The van der Waals surface area contributed by atoms with E-state index in [4.69, 9.17) is 4.99 Å². The number of amidine groups is 1. The number of aliphatic imine (C=N–C) groups is 1. The van der Waals surface area contributed by atoms with Crippen LogP contribution < -0.4 is 5.32 Å². The molecule has 1 fully saturated rings. The molecule has 0 bridgehead atoms. The summed E-state index contributed by atoms with van der Waals surface area (Å²) in [6.45, 7) is 7.98. The zero-order valence-corrected chi connectivity index (χ0v) is 13.0. The fraction of sp³-hybridized carbons (Fsp3) is 0.933. The van der Waals surface area contributed by atoms with Gasteiger partial charge < -0.3 is 5.32 Å². The molecule has 0 aromatic heterocycles. The van der Waals surface area contributed by atoms with Crippen molar-refractivity contribution in [1.82, 2.24) is 5.32 Å². The lowest BCUT2D eigenvalue weighted by molar-refractivity contribution is 0.375. The Labute approximate surface area is 116 Å². The van der Waals surface area contributed by atoms with E-state index in [0.29, 0.717) is 16.7 Å². The van der Waals surface area contributed by atoms with Gasteiger partial charge in [-0.15, -0.1) is 0 Å². The maximum atomic E-state index is 4.69. The largest absolute Gasteiger partial charge is 0.362 e. The molecule has 0 aromatic rings. The van der Waals surface area contributed by atoms with E-state index in [-0.39, 0.29) is 0 Å². The first-order valence-electron chi connectivity index (χ1n) is 7.50. The summed E-state index contributed by atoms with van der Waals surface area (Å²) in [5, 5.41) is 5.60. The predicted molar refractivity (Wildman–Crippen MR) is 82.4 cm³/mol. The minimum absolute atomic E-state index is 0.422. The molecule has 104 valence electrons. The topological polar surface area (TPSA) is 24.4 Å². The summed E-state index contributed by atoms with van der Waals surface area (Å²) in [5.41, 5.74) is 0.422. The van der Waals surface area contributed by atoms with Crippen molar-refractivity contribution in [3.05, 3.63) is 0 Å². The van der Waals surface area contributed by atoms with Crippen molar-refractivity contribution in [2.24, 2.45) is 10.4 Å². The van der Waals surface area contributed by atoms with Gasteiger partial charge in [-0.2, -0.15) is 0 Å². The van der Waals surface area contributed by atoms with Gasteiger partial charge in [0.25, 0.3) is 0 Å². The summed E-state index contributed by atoms with van der Waals surface area (Å²) >= 11 is 1.98. The first-order chi connectivity index (χ1) is 8.53. The number of hydrogen-bond acceptors (Lipinski definition) is 3. The lowest BCUT2D eigenvalue weighted by atomic mass is 9.90. The summed E-state index contributed by atoms with van der Waals surface area (Å²) in [4.78, 5) is 4.69. The zero-order valence-electron chi connectivity index (χ0n) is 12.2. The summed E-state index contributed by atoms with van der Waals surface area (Å²) in [6, 6.07) is 0.687. The van der Waals surface area contributed by atoms with E-state index < -0.39 is 0 Å². The summed E-state index contributed by atoms with van der Waals surface area (Å²) in [5.74, 6) is 0. The van der Waals surface area contributed by atoms with Crippen LogP contribution in [0, 0.1) is 5.41 Å². The molecule has 2 rings (SSSR count). The highest BCUT2D eigenvalue weighted by Gasteiger charge is 2.26. The Morgan fingerprint density at radius 2 is 1.83 bits per heavy atom. The Bertz CT molecular complexity index is 285. The fourth-order valence-electron chi connectivity index (χ4n) is 2.88. The monoisotopic (exact) mass is 268 g/mol. The van der Waals surface area contributed by atoms with Crippen molar-refractivity contribution in [3.63, 3.8) is 0 Å². The van der Waals surface area contributed by atoms with Crippen molar-refractivity contribution in [1.29, 1.82) is 0 Å². The Balaban J connectivity index is 1.74. The molecule has 18 heavy (non-hydrogen) atoms. The second-order valence-electron chi connectivity index (χ2n) is 6.98. The molecular formula is C15H28N2S. The number of nitrogens with zero attached hydrogens (tertiary/aromatic N) is 1. The van der Waals surface area contributed by atoms with Gasteiger partial charge in [-0.25, -0.2) is 0 Å². The third-order valence-corrected chi connectivity index (χ3v) is 4.86. The van der Waals surface area contributed by atoms with Crippen molar-refractivity contribution >= 4 is 16.9 Å². The standard InChI is InChI=1S/C15H28N2S/c1-15(2,3)10-13-11-16-14(18-13)17-12-8-6-4-5-7-9-12/h12-13H,4-11H2,1-3H3,(H,16,17). The molecule has 1 atom stereocenters. The van der Waals surface area contributed by atoms with Crippen LogP contribution in [0.15, 0.2) is 4.99 Å². The third kappa shape index (κ3) is 4.83. The minimum atomic E-state index is 0.422. The number of thioether (sulfide) groups is 1. The molecule has 1 aliphatic carbocycles. The number of hydrogen-bond donors (Lipinski definition) is 1. The Morgan fingerprint density at radius 1 is 1.17 bits per heavy atom. The third-order valence-electron chi connectivity index (χ3n) is 3.74. The molecule has 2 aliphatic rings. The van der Waals surface area contributed by atoms with E-state index in [0.717, 1.165) is 6.54 Å². The van der Waals surface area contributed by atoms with E-state index >= 15 is 0 Å². The summed E-state index contributed by atoms with van der Waals surface area (Å²) in [7, 11) is 0. The van der Waals surface area contributed by atoms with Crippen LogP contribution in [0.1, 0.15) is 65.7 Å². The van der Waals surface area contributed by atoms with Crippen molar-refractivity contribution < 1.29 is 0 Å². The van der Waals surface area contributed by atoms with Crippen LogP contribution >= 0.6 is 11.8 Å². The highest BCUT2D eigenvalue weighted by atomic mass is 32.2. The lowest BCUT2D eigenvalue weighted by Crippen LogP contribution is -2.32. The van der Waals surface area contributed by atoms with E-state index in [1.54, 1.807) is 0 Å². The molecule has 0 saturated heterocycles. The summed E-state index contributed by atoms with van der Waals surface area (Å²) in [6.07, 6.45) is 9.56. The second-order valence-corrected chi connectivity index (χ2v) is 8.27. The van der Waals surface area contributed by atoms with E-state index in [9.17, 15) is 0 Å². The Morgan fingerprint density at radius 3 is 2.44 bits per heavy atom. The average molecular weight is 268 g/mol. The molecule has 0 aromatic carbocycles. The van der Waals surface area contributed by atoms with Gasteiger partial charge in [0.05, 0.1) is 6.54 Å². The average Bonchev–Trinajstić information content (AvgIpc) is 2.53. The van der Waals surface area contributed by atoms with E-state index in [1.165, 1.54) is 50.1 Å². The smallest absolute Gasteiger partial charge is 0.157 e. The van der Waals surface area contributed by atoms with Crippen LogP contribution in [0.5, 0.6) is 0 Å². The van der Waals surface area contributed by atoms with Gasteiger partial charge in [0.2, 0.25) is 0 Å².